The molecule has 18 heavy (non-hydrogen) atoms. The summed E-state index contributed by atoms with van der Waals surface area (Å²) in [5.41, 5.74) is 0. The van der Waals surface area contributed by atoms with Crippen molar-refractivity contribution in [2.75, 3.05) is 12.7 Å². The molecule has 0 aliphatic carbocycles. The number of hydrogen-bond acceptors (Lipinski definition) is 5. The van der Waals surface area contributed by atoms with E-state index in [1.54, 1.807) is 6.92 Å². The molecule has 1 heterocycles. The number of alkyl halides is 1. The SMILES string of the molecule is [B][C@@H]1O[C@H](CC)C(OCP(=O)(O)COP=O)[C@@H]1F. The van der Waals surface area contributed by atoms with Crippen LogP contribution in [0.5, 0.6) is 0 Å². The minimum absolute atomic E-state index is 0.476. The fourth-order valence-electron chi connectivity index (χ4n) is 1.63. The van der Waals surface area contributed by atoms with Gasteiger partial charge in [-0.2, -0.15) is 0 Å². The van der Waals surface area contributed by atoms with Gasteiger partial charge in [-0.3, -0.25) is 9.09 Å². The van der Waals surface area contributed by atoms with Crippen molar-refractivity contribution in [3.05, 3.63) is 0 Å². The third-order valence-electron chi connectivity index (χ3n) is 2.51. The molecule has 0 aromatic heterocycles. The molecule has 0 spiro atoms. The van der Waals surface area contributed by atoms with Crippen molar-refractivity contribution < 1.29 is 32.4 Å². The summed E-state index contributed by atoms with van der Waals surface area (Å²) in [5.74, 6) is 0. The quantitative estimate of drug-likeness (QED) is 0.565. The lowest BCUT2D eigenvalue weighted by molar-refractivity contribution is -0.00928. The molecular weight excluding hydrogens is 284 g/mol. The van der Waals surface area contributed by atoms with Crippen LogP contribution in [0.15, 0.2) is 0 Å². The Morgan fingerprint density at radius 3 is 2.78 bits per heavy atom. The molecule has 1 saturated heterocycles. The maximum absolute atomic E-state index is 13.6. The Bertz CT molecular complexity index is 333. The van der Waals surface area contributed by atoms with E-state index in [1.807, 2.05) is 0 Å². The van der Waals surface area contributed by atoms with E-state index in [0.717, 1.165) is 0 Å². The second-order valence-electron chi connectivity index (χ2n) is 3.93. The number of hydrogen-bond donors (Lipinski definition) is 1. The van der Waals surface area contributed by atoms with Crippen molar-refractivity contribution in [3.8, 4) is 0 Å². The maximum atomic E-state index is 13.6. The first-order valence-electron chi connectivity index (χ1n) is 5.33. The van der Waals surface area contributed by atoms with Gasteiger partial charge in [0.1, 0.15) is 32.8 Å². The first kappa shape index (κ1) is 16.2. The molecule has 1 fully saturated rings. The monoisotopic (exact) mass is 298 g/mol. The van der Waals surface area contributed by atoms with Crippen LogP contribution in [-0.4, -0.2) is 49.8 Å². The molecule has 6 nitrogen and oxygen atoms in total. The zero-order valence-corrected chi connectivity index (χ0v) is 11.6. The van der Waals surface area contributed by atoms with E-state index in [9.17, 15) is 18.4 Å². The zero-order chi connectivity index (χ0) is 13.8. The predicted molar refractivity (Wildman–Crippen MR) is 62.7 cm³/mol. The van der Waals surface area contributed by atoms with E-state index < -0.39 is 53.1 Å². The van der Waals surface area contributed by atoms with Crippen LogP contribution in [-0.2, 0) is 23.1 Å². The smallest absolute Gasteiger partial charge is 0.327 e. The third-order valence-corrected chi connectivity index (χ3v) is 4.03. The Morgan fingerprint density at radius 2 is 2.22 bits per heavy atom. The number of ether oxygens (including phenoxy) is 2. The van der Waals surface area contributed by atoms with Crippen LogP contribution in [0.1, 0.15) is 13.3 Å². The van der Waals surface area contributed by atoms with E-state index in [2.05, 4.69) is 4.52 Å². The highest BCUT2D eigenvalue weighted by atomic mass is 31.2. The van der Waals surface area contributed by atoms with E-state index in [4.69, 9.17) is 17.3 Å². The van der Waals surface area contributed by atoms with Gasteiger partial charge in [-0.25, -0.2) is 8.96 Å². The van der Waals surface area contributed by atoms with Gasteiger partial charge in [-0.15, -0.1) is 0 Å². The molecule has 2 unspecified atom stereocenters. The molecule has 0 saturated carbocycles. The van der Waals surface area contributed by atoms with Crippen LogP contribution in [0.3, 0.4) is 0 Å². The van der Waals surface area contributed by atoms with Crippen LogP contribution in [0, 0.1) is 0 Å². The molecule has 2 radical (unpaired) electrons. The average molecular weight is 298 g/mol. The summed E-state index contributed by atoms with van der Waals surface area (Å²) < 4.78 is 49.6. The van der Waals surface area contributed by atoms with Crippen molar-refractivity contribution in [2.24, 2.45) is 0 Å². The predicted octanol–water partition coefficient (Wildman–Crippen LogP) is 1.42. The van der Waals surface area contributed by atoms with Crippen LogP contribution in [0.25, 0.3) is 0 Å². The summed E-state index contributed by atoms with van der Waals surface area (Å²) in [5, 5.41) is 0. The summed E-state index contributed by atoms with van der Waals surface area (Å²) >= 11 is 0. The molecule has 1 aliphatic rings. The summed E-state index contributed by atoms with van der Waals surface area (Å²) in [6.07, 6.45) is -3.81. The molecule has 5 atom stereocenters. The molecule has 0 aromatic rings. The van der Waals surface area contributed by atoms with Gasteiger partial charge >= 0.3 is 8.69 Å². The van der Waals surface area contributed by atoms with Crippen molar-refractivity contribution in [1.82, 2.24) is 0 Å². The highest BCUT2D eigenvalue weighted by Crippen LogP contribution is 2.42. The Hall–Kier alpha value is 0.165. The van der Waals surface area contributed by atoms with Gasteiger partial charge in [-0.1, -0.05) is 6.92 Å². The minimum atomic E-state index is -3.76. The molecular formula is C8H14BFO6P2. The van der Waals surface area contributed by atoms with Crippen molar-refractivity contribution in [3.63, 3.8) is 0 Å². The zero-order valence-electron chi connectivity index (χ0n) is 9.77. The van der Waals surface area contributed by atoms with Crippen molar-refractivity contribution >= 4 is 23.9 Å². The first-order chi connectivity index (χ1) is 8.41. The lowest BCUT2D eigenvalue weighted by Crippen LogP contribution is -2.32. The lowest BCUT2D eigenvalue weighted by Gasteiger charge is -2.20. The molecule has 1 N–H and O–H groups in total. The van der Waals surface area contributed by atoms with Gasteiger partial charge in [-0.05, 0) is 6.42 Å². The lowest BCUT2D eigenvalue weighted by atomic mass is 9.94. The normalized spacial score (nSPS) is 35.7. The molecule has 0 amide bonds. The van der Waals surface area contributed by atoms with Gasteiger partial charge in [0.2, 0.25) is 0 Å². The standard InChI is InChI=1S/C8H14BFO6P2/c1-2-5-7(6(10)8(9)16-5)14-3-18(12,13)4-15-17-11/h5-8H,2-4H2,1H3,(H,12,13)/t5-,6+,7?,8-/m1/s1. The van der Waals surface area contributed by atoms with Crippen LogP contribution >= 0.6 is 16.1 Å². The van der Waals surface area contributed by atoms with Gasteiger partial charge in [0.25, 0.3) is 7.37 Å². The summed E-state index contributed by atoms with van der Waals surface area (Å²) in [6, 6.07) is -1.09. The summed E-state index contributed by atoms with van der Waals surface area (Å²) in [6.45, 7) is 1.77. The molecule has 0 aromatic carbocycles. The van der Waals surface area contributed by atoms with E-state index in [1.165, 1.54) is 0 Å². The number of rotatable bonds is 7. The van der Waals surface area contributed by atoms with Crippen LogP contribution in [0.2, 0.25) is 0 Å². The Balaban J connectivity index is 2.51. The molecule has 1 aliphatic heterocycles. The fraction of sp³-hybridized carbons (Fsp3) is 1.00. The average Bonchev–Trinajstić information content (AvgIpc) is 2.60. The molecule has 1 rings (SSSR count). The summed E-state index contributed by atoms with van der Waals surface area (Å²) in [7, 11) is 0.923. The van der Waals surface area contributed by atoms with Crippen molar-refractivity contribution in [1.29, 1.82) is 0 Å². The van der Waals surface area contributed by atoms with Gasteiger partial charge in [0.15, 0.2) is 0 Å². The van der Waals surface area contributed by atoms with Gasteiger partial charge in [0, 0.05) is 0 Å². The Morgan fingerprint density at radius 1 is 1.56 bits per heavy atom. The maximum Gasteiger partial charge on any atom is 0.327 e. The fourth-order valence-corrected chi connectivity index (χ4v) is 3.02. The van der Waals surface area contributed by atoms with Crippen LogP contribution in [0.4, 0.5) is 4.39 Å². The van der Waals surface area contributed by atoms with Crippen LogP contribution < -0.4 is 0 Å². The van der Waals surface area contributed by atoms with Gasteiger partial charge < -0.3 is 14.4 Å². The van der Waals surface area contributed by atoms with E-state index in [-0.39, 0.29) is 0 Å². The van der Waals surface area contributed by atoms with E-state index >= 15 is 0 Å². The van der Waals surface area contributed by atoms with E-state index in [0.29, 0.717) is 6.42 Å². The molecule has 10 heteroatoms. The topological polar surface area (TPSA) is 82.1 Å². The highest BCUT2D eigenvalue weighted by Gasteiger charge is 2.43. The Labute approximate surface area is 107 Å². The highest BCUT2D eigenvalue weighted by molar-refractivity contribution is 7.57. The second kappa shape index (κ2) is 7.08. The molecule has 0 bridgehead atoms. The minimum Gasteiger partial charge on any atom is -0.379 e. The Kier molecular flexibility index (Phi) is 6.38. The molecule has 102 valence electrons. The van der Waals surface area contributed by atoms with Crippen molar-refractivity contribution in [2.45, 2.75) is 37.7 Å². The number of halogens is 1. The van der Waals surface area contributed by atoms with Gasteiger partial charge in [0.05, 0.1) is 12.1 Å². The third kappa shape index (κ3) is 4.37. The summed E-state index contributed by atoms with van der Waals surface area (Å²) in [4.78, 5) is 9.38. The largest absolute Gasteiger partial charge is 0.379 e. The second-order valence-corrected chi connectivity index (χ2v) is 6.55. The first-order valence-corrected chi connectivity index (χ1v) is 8.09.